The zero-order valence-electron chi connectivity index (χ0n) is 19.9. The van der Waals surface area contributed by atoms with Crippen molar-refractivity contribution in [1.82, 2.24) is 4.98 Å². The molecule has 0 saturated heterocycles. The highest BCUT2D eigenvalue weighted by Crippen LogP contribution is 2.28. The van der Waals surface area contributed by atoms with E-state index in [-0.39, 0.29) is 32.5 Å². The highest BCUT2D eigenvalue weighted by Gasteiger charge is 2.17. The fourth-order valence-electron chi connectivity index (χ4n) is 3.69. The summed E-state index contributed by atoms with van der Waals surface area (Å²) >= 11 is 0. The van der Waals surface area contributed by atoms with Crippen molar-refractivity contribution in [2.24, 2.45) is 0 Å². The van der Waals surface area contributed by atoms with Crippen LogP contribution in [-0.4, -0.2) is 21.8 Å². The molecule has 0 aliphatic heterocycles. The van der Waals surface area contributed by atoms with Crippen LogP contribution in [0.4, 0.5) is 11.4 Å². The molecule has 2 N–H and O–H groups in total. The second-order valence-corrected chi connectivity index (χ2v) is 11.6. The summed E-state index contributed by atoms with van der Waals surface area (Å²) in [5, 5.41) is 18.1. The predicted molar refractivity (Wildman–Crippen MR) is 143 cm³/mol. The number of nitrogens with zero attached hydrogens (tertiary/aromatic N) is 3. The Hall–Kier alpha value is -5.17. The summed E-state index contributed by atoms with van der Waals surface area (Å²) in [6.07, 6.45) is 0. The number of hydrogen-bond donors (Lipinski definition) is 2. The molecule has 39 heavy (non-hydrogen) atoms. The summed E-state index contributed by atoms with van der Waals surface area (Å²) in [5.74, 6) is 0.253. The Morgan fingerprint density at radius 2 is 1.21 bits per heavy atom. The van der Waals surface area contributed by atoms with Crippen LogP contribution in [0.3, 0.4) is 0 Å². The lowest BCUT2D eigenvalue weighted by atomic mass is 10.2. The van der Waals surface area contributed by atoms with Crippen LogP contribution in [0, 0.1) is 22.7 Å². The molecule has 0 radical (unpaired) electrons. The highest BCUT2D eigenvalue weighted by atomic mass is 32.2. The fraction of sp³-hybridized carbons (Fsp3) is 0. The standard InChI is InChI=1S/C27H17N5O5S2/c28-16-18-3-1-5-23(13-18)38(33,34)31-21-9-7-20(8-10-21)27-30-25-15-22(11-12-26(25)37-27)32-39(35,36)24-6-2-4-19(14-24)17-29/h1-15,31-32H. The number of benzene rings is 4. The first kappa shape index (κ1) is 25.5. The Bertz CT molecular complexity index is 2020. The van der Waals surface area contributed by atoms with E-state index in [1.807, 2.05) is 12.1 Å². The van der Waals surface area contributed by atoms with Crippen molar-refractivity contribution < 1.29 is 21.3 Å². The molecule has 4 aromatic carbocycles. The molecule has 0 aliphatic rings. The van der Waals surface area contributed by atoms with Gasteiger partial charge in [0.05, 0.1) is 38.7 Å². The molecule has 0 spiro atoms. The van der Waals surface area contributed by atoms with Crippen LogP contribution in [0.2, 0.25) is 0 Å². The van der Waals surface area contributed by atoms with Gasteiger partial charge in [-0.1, -0.05) is 12.1 Å². The number of hydrogen-bond acceptors (Lipinski definition) is 8. The zero-order valence-corrected chi connectivity index (χ0v) is 21.5. The smallest absolute Gasteiger partial charge is 0.261 e. The van der Waals surface area contributed by atoms with Crippen molar-refractivity contribution in [2.75, 3.05) is 9.44 Å². The molecular formula is C27H17N5O5S2. The molecule has 0 unspecified atom stereocenters. The Labute approximate surface area is 223 Å². The second kappa shape index (κ2) is 9.95. The Morgan fingerprint density at radius 3 is 1.77 bits per heavy atom. The van der Waals surface area contributed by atoms with Gasteiger partial charge in [-0.2, -0.15) is 10.5 Å². The molecule has 0 bridgehead atoms. The molecule has 5 rings (SSSR count). The molecule has 0 fully saturated rings. The lowest BCUT2D eigenvalue weighted by Crippen LogP contribution is -2.13. The third kappa shape index (κ3) is 5.43. The number of nitrogens with one attached hydrogen (secondary N) is 2. The number of sulfonamides is 2. The van der Waals surface area contributed by atoms with E-state index in [1.54, 1.807) is 30.3 Å². The third-order valence-corrected chi connectivity index (χ3v) is 8.33. The first-order valence-corrected chi connectivity index (χ1v) is 14.2. The van der Waals surface area contributed by atoms with Gasteiger partial charge in [-0.05, 0) is 78.9 Å². The van der Waals surface area contributed by atoms with Gasteiger partial charge in [-0.15, -0.1) is 0 Å². The van der Waals surface area contributed by atoms with Crippen molar-refractivity contribution in [3.8, 4) is 23.6 Å². The van der Waals surface area contributed by atoms with Crippen LogP contribution in [0.1, 0.15) is 11.1 Å². The zero-order chi connectivity index (χ0) is 27.6. The molecular weight excluding hydrogens is 538 g/mol. The summed E-state index contributed by atoms with van der Waals surface area (Å²) in [6.45, 7) is 0. The first-order valence-electron chi connectivity index (χ1n) is 11.2. The van der Waals surface area contributed by atoms with Gasteiger partial charge in [0.15, 0.2) is 5.58 Å². The number of rotatable bonds is 7. The quantitative estimate of drug-likeness (QED) is 0.288. The summed E-state index contributed by atoms with van der Waals surface area (Å²) in [6, 6.07) is 26.2. The topological polar surface area (TPSA) is 166 Å². The Kier molecular flexibility index (Phi) is 6.50. The van der Waals surface area contributed by atoms with Crippen LogP contribution >= 0.6 is 0 Å². The van der Waals surface area contributed by atoms with E-state index in [2.05, 4.69) is 14.4 Å². The minimum Gasteiger partial charge on any atom is -0.436 e. The van der Waals surface area contributed by atoms with E-state index < -0.39 is 20.0 Å². The van der Waals surface area contributed by atoms with Gasteiger partial charge < -0.3 is 4.42 Å². The van der Waals surface area contributed by atoms with E-state index >= 15 is 0 Å². The Balaban J connectivity index is 1.35. The number of aromatic nitrogens is 1. The average Bonchev–Trinajstić information content (AvgIpc) is 3.36. The molecule has 0 atom stereocenters. The van der Waals surface area contributed by atoms with Gasteiger partial charge in [0.1, 0.15) is 5.52 Å². The lowest BCUT2D eigenvalue weighted by molar-refractivity contribution is 0.599. The average molecular weight is 556 g/mol. The van der Waals surface area contributed by atoms with Crippen LogP contribution < -0.4 is 9.44 Å². The number of oxazole rings is 1. The molecule has 12 heteroatoms. The molecule has 192 valence electrons. The minimum atomic E-state index is -3.94. The molecule has 0 aliphatic carbocycles. The number of anilines is 2. The van der Waals surface area contributed by atoms with Crippen molar-refractivity contribution in [3.63, 3.8) is 0 Å². The van der Waals surface area contributed by atoms with Gasteiger partial charge in [-0.3, -0.25) is 9.44 Å². The summed E-state index contributed by atoms with van der Waals surface area (Å²) < 4.78 is 61.6. The van der Waals surface area contributed by atoms with Crippen molar-refractivity contribution in [2.45, 2.75) is 9.79 Å². The van der Waals surface area contributed by atoms with Gasteiger partial charge in [0.2, 0.25) is 5.89 Å². The van der Waals surface area contributed by atoms with E-state index in [1.165, 1.54) is 60.7 Å². The molecule has 1 aromatic heterocycles. The number of fused-ring (bicyclic) bond motifs is 1. The van der Waals surface area contributed by atoms with Gasteiger partial charge in [-0.25, -0.2) is 21.8 Å². The fourth-order valence-corrected chi connectivity index (χ4v) is 5.89. The van der Waals surface area contributed by atoms with Gasteiger partial charge >= 0.3 is 0 Å². The maximum absolute atomic E-state index is 12.8. The molecule has 10 nitrogen and oxygen atoms in total. The second-order valence-electron chi connectivity index (χ2n) is 8.27. The predicted octanol–water partition coefficient (Wildman–Crippen LogP) is 4.84. The van der Waals surface area contributed by atoms with E-state index in [4.69, 9.17) is 14.9 Å². The minimum absolute atomic E-state index is 0.0335. The largest absolute Gasteiger partial charge is 0.436 e. The van der Waals surface area contributed by atoms with Gasteiger partial charge in [0, 0.05) is 11.3 Å². The van der Waals surface area contributed by atoms with E-state index in [0.29, 0.717) is 22.4 Å². The maximum Gasteiger partial charge on any atom is 0.261 e. The van der Waals surface area contributed by atoms with Crippen LogP contribution in [0.5, 0.6) is 0 Å². The summed E-state index contributed by atoms with van der Waals surface area (Å²) in [4.78, 5) is 4.35. The Morgan fingerprint density at radius 1 is 0.667 bits per heavy atom. The van der Waals surface area contributed by atoms with Crippen LogP contribution in [0.25, 0.3) is 22.6 Å². The van der Waals surface area contributed by atoms with Crippen molar-refractivity contribution in [3.05, 3.63) is 102 Å². The lowest BCUT2D eigenvalue weighted by Gasteiger charge is -2.08. The van der Waals surface area contributed by atoms with Crippen molar-refractivity contribution >= 4 is 42.5 Å². The molecule has 0 amide bonds. The summed E-state index contributed by atoms with van der Waals surface area (Å²) in [7, 11) is -7.84. The normalized spacial score (nSPS) is 11.4. The molecule has 1 heterocycles. The first-order chi connectivity index (χ1) is 18.7. The third-order valence-electron chi connectivity index (χ3n) is 5.57. The van der Waals surface area contributed by atoms with Crippen LogP contribution in [0.15, 0.2) is 105 Å². The monoisotopic (exact) mass is 555 g/mol. The molecule has 5 aromatic rings. The van der Waals surface area contributed by atoms with Gasteiger partial charge in [0.25, 0.3) is 20.0 Å². The van der Waals surface area contributed by atoms with Crippen LogP contribution in [-0.2, 0) is 20.0 Å². The van der Waals surface area contributed by atoms with Crippen molar-refractivity contribution in [1.29, 1.82) is 10.5 Å². The van der Waals surface area contributed by atoms with E-state index in [0.717, 1.165) is 0 Å². The summed E-state index contributed by atoms with van der Waals surface area (Å²) in [5.41, 5.74) is 2.40. The molecule has 0 saturated carbocycles. The SMILES string of the molecule is N#Cc1cccc(S(=O)(=O)Nc2ccc(-c3nc4cc(NS(=O)(=O)c5cccc(C#N)c5)ccc4o3)cc2)c1. The maximum atomic E-state index is 12.8. The van der Waals surface area contributed by atoms with E-state index in [9.17, 15) is 16.8 Å². The number of nitriles is 2. The highest BCUT2D eigenvalue weighted by molar-refractivity contribution is 7.93.